The van der Waals surface area contributed by atoms with E-state index in [1.54, 1.807) is 32.3 Å². The van der Waals surface area contributed by atoms with E-state index < -0.39 is 0 Å². The Kier molecular flexibility index (Phi) is 7.22. The van der Waals surface area contributed by atoms with E-state index in [9.17, 15) is 9.59 Å². The van der Waals surface area contributed by atoms with Crippen LogP contribution < -0.4 is 15.4 Å². The van der Waals surface area contributed by atoms with Crippen LogP contribution in [0.3, 0.4) is 0 Å². The molecule has 0 radical (unpaired) electrons. The molecule has 0 aliphatic rings. The normalized spacial score (nSPS) is 10.0. The number of amides is 3. The van der Waals surface area contributed by atoms with E-state index in [4.69, 9.17) is 4.74 Å². The Hall–Kier alpha value is -2.24. The van der Waals surface area contributed by atoms with Crippen LogP contribution in [0.5, 0.6) is 5.75 Å². The van der Waals surface area contributed by atoms with E-state index in [2.05, 4.69) is 17.6 Å². The Morgan fingerprint density at radius 2 is 1.95 bits per heavy atom. The molecule has 0 aromatic heterocycles. The van der Waals surface area contributed by atoms with Crippen LogP contribution in [-0.4, -0.2) is 44.6 Å². The third-order valence-corrected chi connectivity index (χ3v) is 3.17. The quantitative estimate of drug-likeness (QED) is 0.761. The number of nitrogens with one attached hydrogen (secondary N) is 2. The van der Waals surface area contributed by atoms with Gasteiger partial charge in [0.05, 0.1) is 12.8 Å². The number of nitrogens with zero attached hydrogens (tertiary/aromatic N) is 1. The van der Waals surface area contributed by atoms with Gasteiger partial charge in [0.15, 0.2) is 0 Å². The van der Waals surface area contributed by atoms with Crippen molar-refractivity contribution in [3.8, 4) is 5.75 Å². The van der Waals surface area contributed by atoms with E-state index >= 15 is 0 Å². The molecule has 3 amide bonds. The number of methoxy groups -OCH3 is 1. The number of hydrogen-bond donors (Lipinski definition) is 2. The molecule has 0 unspecified atom stereocenters. The number of hydrogen-bond acceptors (Lipinski definition) is 3. The van der Waals surface area contributed by atoms with E-state index in [-0.39, 0.29) is 11.9 Å². The zero-order valence-corrected chi connectivity index (χ0v) is 13.7. The zero-order chi connectivity index (χ0) is 16.5. The third kappa shape index (κ3) is 5.27. The van der Waals surface area contributed by atoms with Gasteiger partial charge >= 0.3 is 6.03 Å². The summed E-state index contributed by atoms with van der Waals surface area (Å²) in [5, 5.41) is 5.51. The number of ether oxygens (including phenoxy) is 1. The second-order valence-electron chi connectivity index (χ2n) is 5.20. The maximum absolute atomic E-state index is 12.0. The Balaban J connectivity index is 2.76. The maximum Gasteiger partial charge on any atom is 0.319 e. The zero-order valence-electron chi connectivity index (χ0n) is 13.7. The summed E-state index contributed by atoms with van der Waals surface area (Å²) in [5.41, 5.74) is 0.968. The van der Waals surface area contributed by atoms with Crippen molar-refractivity contribution < 1.29 is 14.3 Å². The molecule has 122 valence electrons. The molecule has 0 saturated carbocycles. The number of anilines is 1. The molecule has 0 fully saturated rings. The van der Waals surface area contributed by atoms with Crippen molar-refractivity contribution in [3.63, 3.8) is 0 Å². The van der Waals surface area contributed by atoms with Crippen LogP contribution in [0.25, 0.3) is 0 Å². The summed E-state index contributed by atoms with van der Waals surface area (Å²) >= 11 is 0. The van der Waals surface area contributed by atoms with Crippen molar-refractivity contribution in [1.29, 1.82) is 0 Å². The SMILES string of the molecule is CCCCCNC(=O)Nc1cc(C(=O)N(C)C)ccc1OC. The molecule has 2 N–H and O–H groups in total. The van der Waals surface area contributed by atoms with Gasteiger partial charge in [-0.15, -0.1) is 0 Å². The molecule has 6 heteroatoms. The molecule has 6 nitrogen and oxygen atoms in total. The minimum absolute atomic E-state index is 0.131. The number of rotatable bonds is 7. The largest absolute Gasteiger partial charge is 0.495 e. The van der Waals surface area contributed by atoms with Gasteiger partial charge in [-0.25, -0.2) is 4.79 Å². The summed E-state index contributed by atoms with van der Waals surface area (Å²) in [5.74, 6) is 0.382. The van der Waals surface area contributed by atoms with Crippen LogP contribution in [-0.2, 0) is 0 Å². The van der Waals surface area contributed by atoms with E-state index in [0.717, 1.165) is 19.3 Å². The summed E-state index contributed by atoms with van der Waals surface area (Å²) in [6.45, 7) is 2.73. The van der Waals surface area contributed by atoms with Crippen LogP contribution in [0.2, 0.25) is 0 Å². The van der Waals surface area contributed by atoms with Gasteiger partial charge in [-0.1, -0.05) is 19.8 Å². The monoisotopic (exact) mass is 307 g/mol. The number of urea groups is 1. The molecule has 0 heterocycles. The highest BCUT2D eigenvalue weighted by molar-refractivity contribution is 5.97. The number of unbranched alkanes of at least 4 members (excludes halogenated alkanes) is 2. The molecule has 0 atom stereocenters. The van der Waals surface area contributed by atoms with Crippen molar-refractivity contribution in [2.75, 3.05) is 33.1 Å². The van der Waals surface area contributed by atoms with E-state index in [1.807, 2.05) is 0 Å². The van der Waals surface area contributed by atoms with Gasteiger partial charge in [-0.3, -0.25) is 4.79 Å². The summed E-state index contributed by atoms with van der Waals surface area (Å²) in [6, 6.07) is 4.66. The summed E-state index contributed by atoms with van der Waals surface area (Å²) < 4.78 is 5.22. The Labute approximate surface area is 131 Å². The molecule has 0 aliphatic heterocycles. The molecule has 22 heavy (non-hydrogen) atoms. The summed E-state index contributed by atoms with van der Waals surface area (Å²) in [7, 11) is 4.88. The predicted octanol–water partition coefficient (Wildman–Crippen LogP) is 2.71. The highest BCUT2D eigenvalue weighted by Crippen LogP contribution is 2.25. The van der Waals surface area contributed by atoms with Crippen LogP contribution in [0.1, 0.15) is 36.5 Å². The van der Waals surface area contributed by atoms with Crippen molar-refractivity contribution >= 4 is 17.6 Å². The number of carbonyl (C=O) groups is 2. The molecule has 0 spiro atoms. The lowest BCUT2D eigenvalue weighted by Gasteiger charge is -2.14. The molecule has 1 aromatic carbocycles. The van der Waals surface area contributed by atoms with Gasteiger partial charge in [-0.2, -0.15) is 0 Å². The first-order valence-electron chi connectivity index (χ1n) is 7.44. The Morgan fingerprint density at radius 1 is 1.23 bits per heavy atom. The first-order valence-corrected chi connectivity index (χ1v) is 7.44. The highest BCUT2D eigenvalue weighted by Gasteiger charge is 2.13. The second kappa shape index (κ2) is 8.92. The summed E-state index contributed by atoms with van der Waals surface area (Å²) in [6.07, 6.45) is 3.13. The maximum atomic E-state index is 12.0. The van der Waals surface area contributed by atoms with Crippen molar-refractivity contribution in [2.24, 2.45) is 0 Å². The first-order chi connectivity index (χ1) is 10.5. The van der Waals surface area contributed by atoms with E-state index in [1.165, 1.54) is 12.0 Å². The van der Waals surface area contributed by atoms with Crippen molar-refractivity contribution in [2.45, 2.75) is 26.2 Å². The second-order valence-corrected chi connectivity index (χ2v) is 5.20. The fourth-order valence-corrected chi connectivity index (χ4v) is 1.94. The summed E-state index contributed by atoms with van der Waals surface area (Å²) in [4.78, 5) is 25.4. The first kappa shape index (κ1) is 17.8. The van der Waals surface area contributed by atoms with Crippen LogP contribution in [0.4, 0.5) is 10.5 Å². The topological polar surface area (TPSA) is 70.7 Å². The average Bonchev–Trinajstić information content (AvgIpc) is 2.50. The van der Waals surface area contributed by atoms with Crippen LogP contribution >= 0.6 is 0 Å². The predicted molar refractivity (Wildman–Crippen MR) is 87.6 cm³/mol. The lowest BCUT2D eigenvalue weighted by Crippen LogP contribution is -2.30. The standard InChI is InChI=1S/C16H25N3O3/c1-5-6-7-10-17-16(21)18-13-11-12(15(20)19(2)3)8-9-14(13)22-4/h8-9,11H,5-7,10H2,1-4H3,(H2,17,18,21). The molecule has 1 aromatic rings. The molecule has 0 aliphatic carbocycles. The molecule has 0 bridgehead atoms. The number of benzene rings is 1. The molecular formula is C16H25N3O3. The fourth-order valence-electron chi connectivity index (χ4n) is 1.94. The smallest absolute Gasteiger partial charge is 0.319 e. The highest BCUT2D eigenvalue weighted by atomic mass is 16.5. The van der Waals surface area contributed by atoms with Gasteiger partial charge in [0.25, 0.3) is 5.91 Å². The molecular weight excluding hydrogens is 282 g/mol. The Bertz CT molecular complexity index is 515. The van der Waals surface area contributed by atoms with Gasteiger partial charge < -0.3 is 20.3 Å². The van der Waals surface area contributed by atoms with Crippen LogP contribution in [0.15, 0.2) is 18.2 Å². The molecule has 1 rings (SSSR count). The lowest BCUT2D eigenvalue weighted by atomic mass is 10.1. The lowest BCUT2D eigenvalue weighted by molar-refractivity contribution is 0.0827. The average molecular weight is 307 g/mol. The van der Waals surface area contributed by atoms with Gasteiger partial charge in [0, 0.05) is 26.2 Å². The molecule has 0 saturated heterocycles. The minimum Gasteiger partial charge on any atom is -0.495 e. The van der Waals surface area contributed by atoms with Gasteiger partial charge in [0.1, 0.15) is 5.75 Å². The van der Waals surface area contributed by atoms with Gasteiger partial charge in [0.2, 0.25) is 0 Å². The minimum atomic E-state index is -0.302. The van der Waals surface area contributed by atoms with E-state index in [0.29, 0.717) is 23.5 Å². The number of carbonyl (C=O) groups excluding carboxylic acids is 2. The van der Waals surface area contributed by atoms with Crippen molar-refractivity contribution in [3.05, 3.63) is 23.8 Å². The van der Waals surface area contributed by atoms with Crippen LogP contribution in [0, 0.1) is 0 Å². The van der Waals surface area contributed by atoms with Crippen molar-refractivity contribution in [1.82, 2.24) is 10.2 Å². The van der Waals surface area contributed by atoms with Gasteiger partial charge in [-0.05, 0) is 24.6 Å². The third-order valence-electron chi connectivity index (χ3n) is 3.17. The Morgan fingerprint density at radius 3 is 2.55 bits per heavy atom. The fraction of sp³-hybridized carbons (Fsp3) is 0.500.